The first-order chi connectivity index (χ1) is 14.6. The third-order valence-electron chi connectivity index (χ3n) is 6.54. The lowest BCUT2D eigenvalue weighted by atomic mass is 9.98. The molecule has 6 rings (SSSR count). The van der Waals surface area contributed by atoms with Crippen LogP contribution in [0.5, 0.6) is 0 Å². The molecule has 150 valence electrons. The number of hydrazine groups is 1. The molecular weight excluding hydrogens is 379 g/mol. The van der Waals surface area contributed by atoms with Gasteiger partial charge in [0.15, 0.2) is 5.82 Å². The van der Waals surface area contributed by atoms with Crippen LogP contribution in [0.1, 0.15) is 36.4 Å². The summed E-state index contributed by atoms with van der Waals surface area (Å²) in [6, 6.07) is 18.7. The number of aromatic nitrogens is 1. The third-order valence-corrected chi connectivity index (χ3v) is 6.54. The number of anilines is 3. The highest BCUT2D eigenvalue weighted by atomic mass is 19.1. The van der Waals surface area contributed by atoms with E-state index in [9.17, 15) is 9.18 Å². The zero-order chi connectivity index (χ0) is 20.3. The van der Waals surface area contributed by atoms with Crippen LogP contribution in [0.3, 0.4) is 0 Å². The number of rotatable bonds is 3. The molecule has 1 spiro atoms. The summed E-state index contributed by atoms with van der Waals surface area (Å²) in [5.41, 5.74) is 6.98. The van der Waals surface area contributed by atoms with Crippen molar-refractivity contribution >= 4 is 23.1 Å². The second kappa shape index (κ2) is 6.37. The Kier molecular flexibility index (Phi) is 3.74. The van der Waals surface area contributed by atoms with Crippen LogP contribution in [-0.2, 0) is 11.3 Å². The molecule has 1 atom stereocenters. The maximum Gasteiger partial charge on any atom is 0.233 e. The summed E-state index contributed by atoms with van der Waals surface area (Å²) in [5.74, 6) is 0.740. The zero-order valence-corrected chi connectivity index (χ0v) is 16.4. The zero-order valence-electron chi connectivity index (χ0n) is 16.4. The van der Waals surface area contributed by atoms with E-state index in [4.69, 9.17) is 4.98 Å². The lowest BCUT2D eigenvalue weighted by Crippen LogP contribution is -2.30. The average Bonchev–Trinajstić information content (AvgIpc) is 3.35. The van der Waals surface area contributed by atoms with Gasteiger partial charge in [0.05, 0.1) is 29.0 Å². The molecule has 30 heavy (non-hydrogen) atoms. The summed E-state index contributed by atoms with van der Waals surface area (Å²) in [4.78, 5) is 20.0. The number of carbonyl (C=O) groups is 1. The molecule has 1 N–H and O–H groups in total. The van der Waals surface area contributed by atoms with Gasteiger partial charge in [-0.3, -0.25) is 9.80 Å². The fraction of sp³-hybridized carbons (Fsp3) is 0.250. The first kappa shape index (κ1) is 17.6. The van der Waals surface area contributed by atoms with Crippen molar-refractivity contribution in [3.8, 4) is 0 Å². The van der Waals surface area contributed by atoms with Crippen LogP contribution < -0.4 is 15.3 Å². The fourth-order valence-corrected chi connectivity index (χ4v) is 4.75. The predicted octanol–water partition coefficient (Wildman–Crippen LogP) is 4.64. The van der Waals surface area contributed by atoms with Crippen molar-refractivity contribution < 1.29 is 9.18 Å². The van der Waals surface area contributed by atoms with Gasteiger partial charge in [-0.2, -0.15) is 0 Å². The molecule has 2 aliphatic heterocycles. The van der Waals surface area contributed by atoms with Crippen molar-refractivity contribution in [2.24, 2.45) is 5.41 Å². The van der Waals surface area contributed by atoms with E-state index in [0.29, 0.717) is 6.54 Å². The smallest absolute Gasteiger partial charge is 0.233 e. The number of nitrogens with zero attached hydrogens (tertiary/aromatic N) is 3. The molecule has 1 aromatic heterocycles. The van der Waals surface area contributed by atoms with Crippen molar-refractivity contribution in [1.29, 1.82) is 0 Å². The van der Waals surface area contributed by atoms with Crippen molar-refractivity contribution in [3.05, 3.63) is 83.8 Å². The maximum atomic E-state index is 13.3. The minimum Gasteiger partial charge on any atom is -0.303 e. The number of amides is 1. The summed E-state index contributed by atoms with van der Waals surface area (Å²) in [6.45, 7) is 0.608. The van der Waals surface area contributed by atoms with Crippen LogP contribution in [-0.4, -0.2) is 10.9 Å². The number of fused-ring (bicyclic) bond motifs is 1. The highest BCUT2D eigenvalue weighted by molar-refractivity contribution is 6.02. The van der Waals surface area contributed by atoms with Gasteiger partial charge in [0.1, 0.15) is 5.82 Å². The number of nitrogens with one attached hydrogen (secondary N) is 1. The van der Waals surface area contributed by atoms with Crippen LogP contribution in [0.25, 0.3) is 0 Å². The Morgan fingerprint density at radius 3 is 2.53 bits per heavy atom. The lowest BCUT2D eigenvalue weighted by Gasteiger charge is -2.26. The number of halogens is 1. The number of benzene rings is 2. The average molecular weight is 400 g/mol. The standard InChI is InChI=1S/C24H21FN4O/c25-18-6-8-19(9-7-18)29-22-17(14-27-29)12-20(15-26-22)28-21(16-4-2-1-3-5-16)13-24(10-11-24)23(28)30/h1-9,12,15,21,27H,10-11,13-14H2. The van der Waals surface area contributed by atoms with E-state index in [2.05, 4.69) is 23.6 Å². The normalized spacial score (nSPS) is 21.4. The quantitative estimate of drug-likeness (QED) is 0.696. The van der Waals surface area contributed by atoms with E-state index in [1.807, 2.05) is 28.1 Å². The fourth-order valence-electron chi connectivity index (χ4n) is 4.75. The van der Waals surface area contributed by atoms with Crippen LogP contribution in [0, 0.1) is 11.2 Å². The van der Waals surface area contributed by atoms with Gasteiger partial charge in [0.2, 0.25) is 5.91 Å². The van der Waals surface area contributed by atoms with Crippen LogP contribution in [0.15, 0.2) is 66.9 Å². The molecule has 5 nitrogen and oxygen atoms in total. The Balaban J connectivity index is 1.37. The van der Waals surface area contributed by atoms with Gasteiger partial charge in [0, 0.05) is 12.1 Å². The van der Waals surface area contributed by atoms with E-state index >= 15 is 0 Å². The summed E-state index contributed by atoms with van der Waals surface area (Å²) in [7, 11) is 0. The van der Waals surface area contributed by atoms with Crippen molar-refractivity contribution in [3.63, 3.8) is 0 Å². The largest absolute Gasteiger partial charge is 0.303 e. The van der Waals surface area contributed by atoms with Gasteiger partial charge >= 0.3 is 0 Å². The predicted molar refractivity (Wildman–Crippen MR) is 113 cm³/mol. The summed E-state index contributed by atoms with van der Waals surface area (Å²) < 4.78 is 13.3. The molecule has 2 fully saturated rings. The van der Waals surface area contributed by atoms with E-state index < -0.39 is 0 Å². The molecule has 0 radical (unpaired) electrons. The van der Waals surface area contributed by atoms with Crippen LogP contribution in [0.2, 0.25) is 0 Å². The maximum absolute atomic E-state index is 13.3. The first-order valence-electron chi connectivity index (χ1n) is 10.3. The second-order valence-corrected chi connectivity index (χ2v) is 8.41. The van der Waals surface area contributed by atoms with Gasteiger partial charge in [-0.15, -0.1) is 0 Å². The Morgan fingerprint density at radius 2 is 1.80 bits per heavy atom. The van der Waals surface area contributed by atoms with Crippen LogP contribution >= 0.6 is 0 Å². The second-order valence-electron chi connectivity index (χ2n) is 8.41. The number of hydrogen-bond acceptors (Lipinski definition) is 4. The third kappa shape index (κ3) is 2.64. The molecule has 6 heteroatoms. The minimum atomic E-state index is -0.269. The van der Waals surface area contributed by atoms with E-state index in [1.165, 1.54) is 17.7 Å². The van der Waals surface area contributed by atoms with Crippen LogP contribution in [0.4, 0.5) is 21.6 Å². The Labute approximate surface area is 174 Å². The van der Waals surface area contributed by atoms with E-state index in [1.54, 1.807) is 18.3 Å². The molecule has 1 saturated heterocycles. The van der Waals surface area contributed by atoms with Gasteiger partial charge < -0.3 is 4.90 Å². The van der Waals surface area contributed by atoms with Gasteiger partial charge in [-0.05, 0) is 55.2 Å². The van der Waals surface area contributed by atoms with Gasteiger partial charge in [-0.25, -0.2) is 14.8 Å². The molecule has 1 amide bonds. The molecule has 2 aromatic carbocycles. The molecule has 3 heterocycles. The monoisotopic (exact) mass is 400 g/mol. The molecule has 1 aliphatic carbocycles. The number of hydrogen-bond donors (Lipinski definition) is 1. The number of carbonyl (C=O) groups excluding carboxylic acids is 1. The molecule has 1 saturated carbocycles. The van der Waals surface area contributed by atoms with Crippen molar-refractivity contribution in [2.75, 3.05) is 9.91 Å². The van der Waals surface area contributed by atoms with Gasteiger partial charge in [0.25, 0.3) is 0 Å². The number of pyridine rings is 1. The molecule has 3 aliphatic rings. The van der Waals surface area contributed by atoms with E-state index in [-0.39, 0.29) is 23.2 Å². The Bertz CT molecular complexity index is 1130. The Morgan fingerprint density at radius 1 is 1.03 bits per heavy atom. The minimum absolute atomic E-state index is 0.0450. The van der Waals surface area contributed by atoms with Gasteiger partial charge in [-0.1, -0.05) is 30.3 Å². The SMILES string of the molecule is O=C1N(c2cnc3c(c2)CNN3c2ccc(F)cc2)C(c2ccccc2)CC12CC2. The molecule has 0 bridgehead atoms. The summed E-state index contributed by atoms with van der Waals surface area (Å²) >= 11 is 0. The molecule has 3 aromatic rings. The van der Waals surface area contributed by atoms with Crippen molar-refractivity contribution in [1.82, 2.24) is 10.4 Å². The van der Waals surface area contributed by atoms with Crippen molar-refractivity contribution in [2.45, 2.75) is 31.8 Å². The van der Waals surface area contributed by atoms with E-state index in [0.717, 1.165) is 42.0 Å². The molecular formula is C24H21FN4O. The first-order valence-corrected chi connectivity index (χ1v) is 10.3. The topological polar surface area (TPSA) is 48.5 Å². The summed E-state index contributed by atoms with van der Waals surface area (Å²) in [6.07, 6.45) is 4.61. The molecule has 1 unspecified atom stereocenters. The summed E-state index contributed by atoms with van der Waals surface area (Å²) in [5, 5.41) is 1.86. The highest BCUT2D eigenvalue weighted by Gasteiger charge is 2.59. The lowest BCUT2D eigenvalue weighted by molar-refractivity contribution is -0.121. The Hall–Kier alpha value is -3.25. The highest BCUT2D eigenvalue weighted by Crippen LogP contribution is 2.60.